The van der Waals surface area contributed by atoms with Crippen LogP contribution in [0.15, 0.2) is 115 Å². The Labute approximate surface area is 202 Å². The summed E-state index contributed by atoms with van der Waals surface area (Å²) in [5.41, 5.74) is 7.10. The van der Waals surface area contributed by atoms with E-state index in [0.717, 1.165) is 33.4 Å². The average molecular weight is 452 g/mol. The SMILES string of the molecule is OB(O)c1ccc(-n2c3ccccc3c3ccc4c5ccccc5n(-c5ccccc5)c4c32)cc1. The molecule has 7 rings (SSSR count). The highest BCUT2D eigenvalue weighted by Gasteiger charge is 2.21. The minimum atomic E-state index is -1.49. The van der Waals surface area contributed by atoms with Crippen LogP contribution < -0.4 is 5.46 Å². The molecule has 0 aliphatic rings. The maximum atomic E-state index is 9.62. The molecule has 5 aromatic carbocycles. The molecule has 4 nitrogen and oxygen atoms in total. The maximum absolute atomic E-state index is 9.62. The summed E-state index contributed by atoms with van der Waals surface area (Å²) in [4.78, 5) is 0. The van der Waals surface area contributed by atoms with Crippen molar-refractivity contribution in [2.45, 2.75) is 0 Å². The Hall–Kier alpha value is -4.32. The van der Waals surface area contributed by atoms with Crippen molar-refractivity contribution in [3.8, 4) is 11.4 Å². The van der Waals surface area contributed by atoms with E-state index in [2.05, 4.69) is 94.1 Å². The van der Waals surface area contributed by atoms with Gasteiger partial charge in [0, 0.05) is 32.9 Å². The van der Waals surface area contributed by atoms with Crippen molar-refractivity contribution in [1.29, 1.82) is 0 Å². The van der Waals surface area contributed by atoms with Gasteiger partial charge >= 0.3 is 7.12 Å². The lowest BCUT2D eigenvalue weighted by molar-refractivity contribution is 0.426. The van der Waals surface area contributed by atoms with Crippen LogP contribution in [0.3, 0.4) is 0 Å². The summed E-state index contributed by atoms with van der Waals surface area (Å²) in [6.45, 7) is 0. The van der Waals surface area contributed by atoms with Gasteiger partial charge in [-0.15, -0.1) is 0 Å². The largest absolute Gasteiger partial charge is 0.488 e. The van der Waals surface area contributed by atoms with Crippen LogP contribution in [0, 0.1) is 0 Å². The van der Waals surface area contributed by atoms with Gasteiger partial charge in [0.05, 0.1) is 22.1 Å². The molecule has 0 fully saturated rings. The summed E-state index contributed by atoms with van der Waals surface area (Å²) >= 11 is 0. The number of hydrogen-bond acceptors (Lipinski definition) is 2. The Balaban J connectivity index is 1.72. The molecule has 0 aliphatic carbocycles. The fraction of sp³-hybridized carbons (Fsp3) is 0. The van der Waals surface area contributed by atoms with Crippen LogP contribution in [-0.4, -0.2) is 26.3 Å². The molecule has 35 heavy (non-hydrogen) atoms. The molecule has 0 saturated carbocycles. The minimum Gasteiger partial charge on any atom is -0.423 e. The Kier molecular flexibility index (Phi) is 4.36. The standard InChI is InChI=1S/C30H21BN2O2/c34-31(35)20-14-16-22(17-15-20)33-28-13-7-5-11-24(28)26-19-18-25-23-10-4-6-12-27(23)32(29(25)30(26)33)21-8-2-1-3-9-21/h1-19,34-35H. The minimum absolute atomic E-state index is 0.470. The van der Waals surface area contributed by atoms with Gasteiger partial charge in [0.15, 0.2) is 0 Å². The normalized spacial score (nSPS) is 11.7. The molecule has 0 bridgehead atoms. The molecule has 0 saturated heterocycles. The van der Waals surface area contributed by atoms with Crippen molar-refractivity contribution in [2.24, 2.45) is 0 Å². The van der Waals surface area contributed by atoms with E-state index in [1.165, 1.54) is 21.5 Å². The molecule has 0 radical (unpaired) electrons. The van der Waals surface area contributed by atoms with Crippen molar-refractivity contribution in [3.05, 3.63) is 115 Å². The van der Waals surface area contributed by atoms with Crippen molar-refractivity contribution in [2.75, 3.05) is 0 Å². The van der Waals surface area contributed by atoms with Crippen LogP contribution in [0.2, 0.25) is 0 Å². The lowest BCUT2D eigenvalue weighted by Crippen LogP contribution is -2.29. The molecule has 0 unspecified atom stereocenters. The van der Waals surface area contributed by atoms with Crippen molar-refractivity contribution >= 4 is 56.2 Å². The zero-order chi connectivity index (χ0) is 23.5. The fourth-order valence-corrected chi connectivity index (χ4v) is 5.41. The first-order valence-corrected chi connectivity index (χ1v) is 11.7. The fourth-order valence-electron chi connectivity index (χ4n) is 5.41. The summed E-state index contributed by atoms with van der Waals surface area (Å²) in [6, 6.07) is 39.4. The number of para-hydroxylation sites is 3. The second-order valence-corrected chi connectivity index (χ2v) is 8.86. The van der Waals surface area contributed by atoms with Crippen LogP contribution >= 0.6 is 0 Å². The molecule has 2 heterocycles. The summed E-state index contributed by atoms with van der Waals surface area (Å²) < 4.78 is 4.65. The summed E-state index contributed by atoms with van der Waals surface area (Å²) in [7, 11) is -1.49. The molecular weight excluding hydrogens is 431 g/mol. The lowest BCUT2D eigenvalue weighted by atomic mass is 9.80. The number of nitrogens with zero attached hydrogens (tertiary/aromatic N) is 2. The molecule has 5 heteroatoms. The molecule has 2 N–H and O–H groups in total. The van der Waals surface area contributed by atoms with E-state index in [4.69, 9.17) is 0 Å². The molecule has 166 valence electrons. The number of rotatable bonds is 3. The van der Waals surface area contributed by atoms with Gasteiger partial charge in [-0.3, -0.25) is 0 Å². The molecule has 0 spiro atoms. The molecule has 7 aromatic rings. The highest BCUT2D eigenvalue weighted by atomic mass is 16.4. The first-order valence-electron chi connectivity index (χ1n) is 11.7. The molecule has 0 amide bonds. The van der Waals surface area contributed by atoms with Gasteiger partial charge in [-0.25, -0.2) is 0 Å². The second kappa shape index (κ2) is 7.60. The lowest BCUT2D eigenvalue weighted by Gasteiger charge is -2.13. The number of benzene rings is 5. The second-order valence-electron chi connectivity index (χ2n) is 8.86. The van der Waals surface area contributed by atoms with Gasteiger partial charge < -0.3 is 19.2 Å². The van der Waals surface area contributed by atoms with Gasteiger partial charge in [-0.05, 0) is 41.9 Å². The highest BCUT2D eigenvalue weighted by molar-refractivity contribution is 6.58. The quantitative estimate of drug-likeness (QED) is 0.345. The van der Waals surface area contributed by atoms with Gasteiger partial charge in [-0.2, -0.15) is 0 Å². The van der Waals surface area contributed by atoms with E-state index >= 15 is 0 Å². The van der Waals surface area contributed by atoms with E-state index < -0.39 is 7.12 Å². The van der Waals surface area contributed by atoms with Crippen LogP contribution in [0.5, 0.6) is 0 Å². The molecule has 0 atom stereocenters. The zero-order valence-electron chi connectivity index (χ0n) is 18.8. The summed E-state index contributed by atoms with van der Waals surface area (Å²) in [6.07, 6.45) is 0. The van der Waals surface area contributed by atoms with E-state index in [0.29, 0.717) is 5.46 Å². The van der Waals surface area contributed by atoms with Crippen LogP contribution in [0.1, 0.15) is 0 Å². The van der Waals surface area contributed by atoms with Crippen molar-refractivity contribution in [1.82, 2.24) is 9.13 Å². The Bertz CT molecular complexity index is 1870. The average Bonchev–Trinajstić information content (AvgIpc) is 3.42. The van der Waals surface area contributed by atoms with E-state index in [1.54, 1.807) is 12.1 Å². The molecule has 0 aliphatic heterocycles. The number of fused-ring (bicyclic) bond motifs is 7. The third-order valence-electron chi connectivity index (χ3n) is 6.93. The van der Waals surface area contributed by atoms with Crippen LogP contribution in [0.4, 0.5) is 0 Å². The van der Waals surface area contributed by atoms with E-state index in [1.807, 2.05) is 18.2 Å². The third-order valence-corrected chi connectivity index (χ3v) is 6.93. The highest BCUT2D eigenvalue weighted by Crippen LogP contribution is 2.41. The third kappa shape index (κ3) is 2.89. The van der Waals surface area contributed by atoms with Gasteiger partial charge in [-0.1, -0.05) is 78.9 Å². The first kappa shape index (κ1) is 20.1. The first-order chi connectivity index (χ1) is 17.2. The van der Waals surface area contributed by atoms with Crippen molar-refractivity contribution < 1.29 is 10.0 Å². The maximum Gasteiger partial charge on any atom is 0.488 e. The van der Waals surface area contributed by atoms with Crippen molar-refractivity contribution in [3.63, 3.8) is 0 Å². The predicted octanol–water partition coefficient (Wildman–Crippen LogP) is 5.56. The van der Waals surface area contributed by atoms with Crippen LogP contribution in [0.25, 0.3) is 55.0 Å². The molecule has 2 aromatic heterocycles. The topological polar surface area (TPSA) is 50.3 Å². The Morgan fingerprint density at radius 1 is 0.429 bits per heavy atom. The summed E-state index contributed by atoms with van der Waals surface area (Å²) in [5.74, 6) is 0. The summed E-state index contributed by atoms with van der Waals surface area (Å²) in [5, 5.41) is 24.0. The van der Waals surface area contributed by atoms with Crippen LogP contribution in [-0.2, 0) is 0 Å². The number of aromatic nitrogens is 2. The van der Waals surface area contributed by atoms with Gasteiger partial charge in [0.25, 0.3) is 0 Å². The molecular formula is C30H21BN2O2. The number of hydrogen-bond donors (Lipinski definition) is 2. The monoisotopic (exact) mass is 452 g/mol. The Morgan fingerprint density at radius 3 is 1.40 bits per heavy atom. The van der Waals surface area contributed by atoms with Gasteiger partial charge in [0.1, 0.15) is 0 Å². The van der Waals surface area contributed by atoms with E-state index in [-0.39, 0.29) is 0 Å². The Morgan fingerprint density at radius 2 is 0.886 bits per heavy atom. The smallest absolute Gasteiger partial charge is 0.423 e. The zero-order valence-corrected chi connectivity index (χ0v) is 18.8. The predicted molar refractivity (Wildman–Crippen MR) is 145 cm³/mol. The van der Waals surface area contributed by atoms with Gasteiger partial charge in [0.2, 0.25) is 0 Å². The van der Waals surface area contributed by atoms with E-state index in [9.17, 15) is 10.0 Å².